The lowest BCUT2D eigenvalue weighted by atomic mass is 9.71. The first kappa shape index (κ1) is 11.4. The summed E-state index contributed by atoms with van der Waals surface area (Å²) < 4.78 is 0. The highest BCUT2D eigenvalue weighted by atomic mass is 16.3. The van der Waals surface area contributed by atoms with Gasteiger partial charge in [-0.2, -0.15) is 0 Å². The first-order valence-corrected chi connectivity index (χ1v) is 6.62. The molecule has 0 aromatic heterocycles. The molecule has 0 spiro atoms. The summed E-state index contributed by atoms with van der Waals surface area (Å²) in [6, 6.07) is 0.247. The Bertz CT molecular complexity index is 219. The van der Waals surface area contributed by atoms with Crippen LogP contribution in [0.4, 0.5) is 0 Å². The maximum absolute atomic E-state index is 10.6. The van der Waals surface area contributed by atoms with E-state index in [1.54, 1.807) is 0 Å². The fraction of sp³-hybridized carbons (Fsp3) is 1.00. The highest BCUT2D eigenvalue weighted by Crippen LogP contribution is 2.44. The molecule has 0 heterocycles. The third-order valence-electron chi connectivity index (χ3n) is 4.68. The minimum atomic E-state index is -0.409. The summed E-state index contributed by atoms with van der Waals surface area (Å²) in [4.78, 5) is 0. The van der Waals surface area contributed by atoms with Gasteiger partial charge in [0.2, 0.25) is 0 Å². The van der Waals surface area contributed by atoms with Gasteiger partial charge in [0.05, 0.1) is 5.60 Å². The Hall–Kier alpha value is -0.0800. The number of hydrogen-bond donors (Lipinski definition) is 2. The topological polar surface area (TPSA) is 46.2 Å². The third-order valence-corrected chi connectivity index (χ3v) is 4.68. The van der Waals surface area contributed by atoms with E-state index in [0.29, 0.717) is 5.92 Å². The predicted molar refractivity (Wildman–Crippen MR) is 62.5 cm³/mol. The average molecular weight is 211 g/mol. The molecular weight excluding hydrogens is 186 g/mol. The van der Waals surface area contributed by atoms with Gasteiger partial charge in [-0.15, -0.1) is 0 Å². The van der Waals surface area contributed by atoms with E-state index < -0.39 is 5.60 Å². The van der Waals surface area contributed by atoms with Gasteiger partial charge in [-0.25, -0.2) is 0 Å². The first-order valence-electron chi connectivity index (χ1n) is 6.62. The number of aliphatic hydroxyl groups is 1. The molecule has 0 aliphatic heterocycles. The van der Waals surface area contributed by atoms with Crippen molar-refractivity contribution in [2.24, 2.45) is 17.6 Å². The van der Waals surface area contributed by atoms with Crippen molar-refractivity contribution >= 4 is 0 Å². The van der Waals surface area contributed by atoms with Crippen molar-refractivity contribution in [3.05, 3.63) is 0 Å². The van der Waals surface area contributed by atoms with Crippen LogP contribution in [0.1, 0.15) is 58.3 Å². The normalized spacial score (nSPS) is 47.0. The third kappa shape index (κ3) is 2.36. The van der Waals surface area contributed by atoms with Crippen LogP contribution in [0.3, 0.4) is 0 Å². The van der Waals surface area contributed by atoms with Crippen molar-refractivity contribution in [3.63, 3.8) is 0 Å². The molecule has 0 bridgehead atoms. The summed E-state index contributed by atoms with van der Waals surface area (Å²) in [6.45, 7) is 2.28. The molecule has 4 unspecified atom stereocenters. The molecule has 0 radical (unpaired) electrons. The first-order chi connectivity index (χ1) is 7.14. The fourth-order valence-electron chi connectivity index (χ4n) is 3.61. The van der Waals surface area contributed by atoms with E-state index in [-0.39, 0.29) is 6.04 Å². The van der Waals surface area contributed by atoms with Crippen LogP contribution in [0, 0.1) is 11.8 Å². The monoisotopic (exact) mass is 211 g/mol. The Morgan fingerprint density at radius 1 is 1.33 bits per heavy atom. The lowest BCUT2D eigenvalue weighted by Gasteiger charge is -2.38. The predicted octanol–water partition coefficient (Wildman–Crippen LogP) is 2.45. The summed E-state index contributed by atoms with van der Waals surface area (Å²) in [7, 11) is 0. The van der Waals surface area contributed by atoms with E-state index in [4.69, 9.17) is 5.73 Å². The molecule has 88 valence electrons. The van der Waals surface area contributed by atoms with E-state index in [9.17, 15) is 5.11 Å². The van der Waals surface area contributed by atoms with Gasteiger partial charge in [-0.3, -0.25) is 0 Å². The molecule has 0 saturated heterocycles. The zero-order valence-electron chi connectivity index (χ0n) is 9.91. The van der Waals surface area contributed by atoms with Crippen molar-refractivity contribution in [3.8, 4) is 0 Å². The van der Waals surface area contributed by atoms with Crippen LogP contribution in [0.2, 0.25) is 0 Å². The van der Waals surface area contributed by atoms with Crippen molar-refractivity contribution < 1.29 is 5.11 Å². The van der Waals surface area contributed by atoms with Gasteiger partial charge in [0, 0.05) is 6.04 Å². The average Bonchev–Trinajstić information content (AvgIpc) is 2.60. The van der Waals surface area contributed by atoms with Crippen molar-refractivity contribution in [2.45, 2.75) is 69.9 Å². The molecule has 0 amide bonds. The van der Waals surface area contributed by atoms with Crippen LogP contribution >= 0.6 is 0 Å². The number of rotatable bonds is 2. The number of hydrogen-bond acceptors (Lipinski definition) is 2. The second-order valence-corrected chi connectivity index (χ2v) is 5.74. The molecule has 2 fully saturated rings. The van der Waals surface area contributed by atoms with Gasteiger partial charge in [-0.05, 0) is 43.9 Å². The smallest absolute Gasteiger partial charge is 0.0691 e. The fourth-order valence-corrected chi connectivity index (χ4v) is 3.61. The highest BCUT2D eigenvalue weighted by molar-refractivity contribution is 4.97. The summed E-state index contributed by atoms with van der Waals surface area (Å²) in [5.74, 6) is 1.38. The Balaban J connectivity index is 1.97. The van der Waals surface area contributed by atoms with Gasteiger partial charge in [0.15, 0.2) is 0 Å². The minimum absolute atomic E-state index is 0.247. The van der Waals surface area contributed by atoms with E-state index >= 15 is 0 Å². The van der Waals surface area contributed by atoms with Crippen LogP contribution < -0.4 is 5.73 Å². The second kappa shape index (κ2) is 4.42. The zero-order valence-corrected chi connectivity index (χ0v) is 9.91. The largest absolute Gasteiger partial charge is 0.390 e. The molecule has 0 aromatic rings. The summed E-state index contributed by atoms with van der Waals surface area (Å²) in [5.41, 5.74) is 5.51. The van der Waals surface area contributed by atoms with Gasteiger partial charge >= 0.3 is 0 Å². The van der Waals surface area contributed by atoms with Gasteiger partial charge in [-0.1, -0.05) is 26.2 Å². The molecule has 3 N–H and O–H groups in total. The Labute approximate surface area is 93.2 Å². The summed E-state index contributed by atoms with van der Waals surface area (Å²) in [5, 5.41) is 10.6. The van der Waals surface area contributed by atoms with E-state index in [1.165, 1.54) is 32.1 Å². The lowest BCUT2D eigenvalue weighted by molar-refractivity contribution is -0.0367. The van der Waals surface area contributed by atoms with Crippen LogP contribution in [0.5, 0.6) is 0 Å². The maximum atomic E-state index is 10.6. The summed E-state index contributed by atoms with van der Waals surface area (Å²) >= 11 is 0. The summed E-state index contributed by atoms with van der Waals surface area (Å²) in [6.07, 6.45) is 9.21. The number of nitrogens with two attached hydrogens (primary N) is 1. The standard InChI is InChI=1S/C13H25NO/c1-2-10-4-3-5-11(8-10)13(15)7-6-12(14)9-13/h10-12,15H,2-9,14H2,1H3. The Morgan fingerprint density at radius 3 is 2.73 bits per heavy atom. The molecule has 4 atom stereocenters. The quantitative estimate of drug-likeness (QED) is 0.737. The van der Waals surface area contributed by atoms with Crippen LogP contribution in [-0.4, -0.2) is 16.7 Å². The van der Waals surface area contributed by atoms with E-state index in [1.807, 2.05) is 0 Å². The molecule has 2 heteroatoms. The lowest BCUT2D eigenvalue weighted by Crippen LogP contribution is -2.39. The van der Waals surface area contributed by atoms with Gasteiger partial charge in [0.1, 0.15) is 0 Å². The maximum Gasteiger partial charge on any atom is 0.0691 e. The molecule has 2 saturated carbocycles. The molecule has 15 heavy (non-hydrogen) atoms. The van der Waals surface area contributed by atoms with Crippen LogP contribution in [0.15, 0.2) is 0 Å². The van der Waals surface area contributed by atoms with Gasteiger partial charge < -0.3 is 10.8 Å². The van der Waals surface area contributed by atoms with Crippen LogP contribution in [0.25, 0.3) is 0 Å². The molecule has 2 rings (SSSR count). The van der Waals surface area contributed by atoms with Crippen molar-refractivity contribution in [2.75, 3.05) is 0 Å². The van der Waals surface area contributed by atoms with Crippen LogP contribution in [-0.2, 0) is 0 Å². The van der Waals surface area contributed by atoms with E-state index in [2.05, 4.69) is 6.92 Å². The van der Waals surface area contributed by atoms with E-state index in [0.717, 1.165) is 25.2 Å². The SMILES string of the molecule is CCC1CCCC(C2(O)CCC(N)C2)C1. The van der Waals surface area contributed by atoms with Crippen molar-refractivity contribution in [1.82, 2.24) is 0 Å². The Kier molecular flexibility index (Phi) is 3.36. The van der Waals surface area contributed by atoms with Crippen molar-refractivity contribution in [1.29, 1.82) is 0 Å². The van der Waals surface area contributed by atoms with Gasteiger partial charge in [0.25, 0.3) is 0 Å². The molecule has 2 aliphatic carbocycles. The molecule has 0 aromatic carbocycles. The Morgan fingerprint density at radius 2 is 2.13 bits per heavy atom. The molecule has 2 aliphatic rings. The molecular formula is C13H25NO. The zero-order chi connectivity index (χ0) is 10.9. The second-order valence-electron chi connectivity index (χ2n) is 5.74. The molecule has 2 nitrogen and oxygen atoms in total. The highest BCUT2D eigenvalue weighted by Gasteiger charge is 2.43. The minimum Gasteiger partial charge on any atom is -0.390 e.